The number of benzene rings is 2. The number of rotatable bonds is 4. The molecule has 0 saturated heterocycles. The monoisotopic (exact) mass is 258 g/mol. The van der Waals surface area contributed by atoms with Crippen LogP contribution < -0.4 is 5.43 Å². The molecule has 0 atom stereocenters. The van der Waals surface area contributed by atoms with Crippen LogP contribution in [0.3, 0.4) is 0 Å². The van der Waals surface area contributed by atoms with Gasteiger partial charge in [0.05, 0.1) is 11.9 Å². The van der Waals surface area contributed by atoms with Crippen molar-refractivity contribution in [3.05, 3.63) is 65.2 Å². The van der Waals surface area contributed by atoms with Gasteiger partial charge in [0.1, 0.15) is 0 Å². The molecule has 0 heterocycles. The first kappa shape index (κ1) is 12.3. The molecule has 4 heteroatoms. The minimum Gasteiger partial charge on any atom is -0.287 e. The third-order valence-electron chi connectivity index (χ3n) is 2.28. The van der Waals surface area contributed by atoms with Gasteiger partial charge in [-0.3, -0.25) is 10.2 Å². The van der Waals surface area contributed by atoms with Crippen molar-refractivity contribution in [2.24, 2.45) is 5.10 Å². The number of hydrazone groups is 1. The molecule has 0 aliphatic heterocycles. The first-order chi connectivity index (χ1) is 8.75. The highest BCUT2D eigenvalue weighted by atomic mass is 35.5. The number of nitrogens with one attached hydrogen (secondary N) is 1. The highest BCUT2D eigenvalue weighted by molar-refractivity contribution is 6.35. The number of halogens is 1. The van der Waals surface area contributed by atoms with Crippen molar-refractivity contribution in [3.8, 4) is 0 Å². The Hall–Kier alpha value is -2.13. The van der Waals surface area contributed by atoms with Crippen LogP contribution in [0.15, 0.2) is 59.7 Å². The Bertz CT molecular complexity index is 550. The minimum atomic E-state index is -0.142. The fraction of sp³-hybridized carbons (Fsp3) is 0. The molecule has 18 heavy (non-hydrogen) atoms. The molecule has 0 aliphatic rings. The average molecular weight is 259 g/mol. The molecule has 0 bridgehead atoms. The molecule has 2 rings (SSSR count). The normalized spacial score (nSPS) is 10.5. The van der Waals surface area contributed by atoms with Gasteiger partial charge in [-0.15, -0.1) is 0 Å². The molecule has 90 valence electrons. The number of hydrogen-bond acceptors (Lipinski definition) is 3. The summed E-state index contributed by atoms with van der Waals surface area (Å²) in [6, 6.07) is 16.0. The second-order valence-electron chi connectivity index (χ2n) is 3.61. The molecule has 0 fully saturated rings. The molecule has 0 unspecified atom stereocenters. The van der Waals surface area contributed by atoms with Crippen LogP contribution in [0.2, 0.25) is 5.02 Å². The van der Waals surface area contributed by atoms with Gasteiger partial charge >= 0.3 is 0 Å². The standard InChI is InChI=1S/C14H11ClN2O/c15-12-6-8-13(9-7-12)17-16-10-14(18)11-4-2-1-3-5-11/h1-10,17H/b16-10-. The lowest BCUT2D eigenvalue weighted by molar-refractivity contribution is 0.107. The van der Waals surface area contributed by atoms with Gasteiger partial charge in [0.25, 0.3) is 0 Å². The minimum absolute atomic E-state index is 0.142. The summed E-state index contributed by atoms with van der Waals surface area (Å²) in [7, 11) is 0. The number of hydrogen-bond donors (Lipinski definition) is 1. The van der Waals surface area contributed by atoms with E-state index < -0.39 is 0 Å². The van der Waals surface area contributed by atoms with Crippen LogP contribution in [0.5, 0.6) is 0 Å². The summed E-state index contributed by atoms with van der Waals surface area (Å²) >= 11 is 5.76. The summed E-state index contributed by atoms with van der Waals surface area (Å²) in [6.07, 6.45) is 1.25. The van der Waals surface area contributed by atoms with Crippen LogP contribution in [0.4, 0.5) is 5.69 Å². The largest absolute Gasteiger partial charge is 0.287 e. The number of ketones is 1. The molecule has 1 N–H and O–H groups in total. The Balaban J connectivity index is 1.96. The lowest BCUT2D eigenvalue weighted by Gasteiger charge is -1.99. The molecule has 0 saturated carbocycles. The van der Waals surface area contributed by atoms with Crippen molar-refractivity contribution in [1.29, 1.82) is 0 Å². The SMILES string of the molecule is O=C(/C=N\Nc1ccc(Cl)cc1)c1ccccc1. The molecule has 0 amide bonds. The van der Waals surface area contributed by atoms with Crippen LogP contribution >= 0.6 is 11.6 Å². The van der Waals surface area contributed by atoms with Crippen molar-refractivity contribution in [3.63, 3.8) is 0 Å². The second-order valence-corrected chi connectivity index (χ2v) is 4.04. The predicted molar refractivity (Wildman–Crippen MR) is 74.3 cm³/mol. The van der Waals surface area contributed by atoms with E-state index in [0.717, 1.165) is 5.69 Å². The van der Waals surface area contributed by atoms with Crippen molar-refractivity contribution in [2.45, 2.75) is 0 Å². The third kappa shape index (κ3) is 3.43. The van der Waals surface area contributed by atoms with Gasteiger partial charge in [-0.25, -0.2) is 0 Å². The predicted octanol–water partition coefficient (Wildman–Crippen LogP) is 3.62. The fourth-order valence-electron chi connectivity index (χ4n) is 1.37. The quantitative estimate of drug-likeness (QED) is 0.517. The summed E-state index contributed by atoms with van der Waals surface area (Å²) in [5.41, 5.74) is 4.15. The third-order valence-corrected chi connectivity index (χ3v) is 2.53. The molecule has 0 spiro atoms. The first-order valence-electron chi connectivity index (χ1n) is 5.40. The molecule has 3 nitrogen and oxygen atoms in total. The van der Waals surface area contributed by atoms with Crippen molar-refractivity contribution in [2.75, 3.05) is 5.43 Å². The van der Waals surface area contributed by atoms with Crippen molar-refractivity contribution in [1.82, 2.24) is 0 Å². The molecular formula is C14H11ClN2O. The highest BCUT2D eigenvalue weighted by Crippen LogP contribution is 2.13. The topological polar surface area (TPSA) is 41.5 Å². The number of Topliss-reactive ketones (excluding diaryl/α,β-unsaturated/α-hetero) is 1. The van der Waals surface area contributed by atoms with E-state index in [4.69, 9.17) is 11.6 Å². The van der Waals surface area contributed by atoms with Crippen LogP contribution in [-0.2, 0) is 0 Å². The van der Waals surface area contributed by atoms with E-state index in [0.29, 0.717) is 10.6 Å². The first-order valence-corrected chi connectivity index (χ1v) is 5.77. The Kier molecular flexibility index (Phi) is 4.10. The van der Waals surface area contributed by atoms with Gasteiger partial charge in [0.15, 0.2) is 0 Å². The molecule has 2 aromatic rings. The molecule has 0 aliphatic carbocycles. The van der Waals surface area contributed by atoms with Crippen LogP contribution in [0.1, 0.15) is 10.4 Å². The summed E-state index contributed by atoms with van der Waals surface area (Å²) in [4.78, 5) is 11.7. The smallest absolute Gasteiger partial charge is 0.205 e. The maximum atomic E-state index is 11.7. The number of carbonyl (C=O) groups is 1. The van der Waals surface area contributed by atoms with Crippen molar-refractivity contribution < 1.29 is 4.79 Å². The number of carbonyl (C=O) groups excluding carboxylic acids is 1. The Morgan fingerprint density at radius 2 is 1.72 bits per heavy atom. The molecule has 2 aromatic carbocycles. The van der Waals surface area contributed by atoms with E-state index >= 15 is 0 Å². The van der Waals surface area contributed by atoms with Gasteiger partial charge < -0.3 is 0 Å². The Labute approximate surface area is 110 Å². The molecule has 0 radical (unpaired) electrons. The van der Waals surface area contributed by atoms with Crippen LogP contribution in [-0.4, -0.2) is 12.0 Å². The summed E-state index contributed by atoms with van der Waals surface area (Å²) in [6.45, 7) is 0. The lowest BCUT2D eigenvalue weighted by atomic mass is 10.1. The van der Waals surface area contributed by atoms with Gasteiger partial charge in [0, 0.05) is 10.6 Å². The maximum absolute atomic E-state index is 11.7. The zero-order chi connectivity index (χ0) is 12.8. The van der Waals surface area contributed by atoms with Gasteiger partial charge in [0.2, 0.25) is 5.78 Å². The van der Waals surface area contributed by atoms with E-state index in [2.05, 4.69) is 10.5 Å². The highest BCUT2D eigenvalue weighted by Gasteiger charge is 1.99. The zero-order valence-corrected chi connectivity index (χ0v) is 10.3. The van der Waals surface area contributed by atoms with E-state index in [-0.39, 0.29) is 5.78 Å². The molecule has 0 aromatic heterocycles. The maximum Gasteiger partial charge on any atom is 0.205 e. The fourth-order valence-corrected chi connectivity index (χ4v) is 1.49. The van der Waals surface area contributed by atoms with Gasteiger partial charge in [-0.05, 0) is 24.3 Å². The number of anilines is 1. The van der Waals surface area contributed by atoms with E-state index in [1.807, 2.05) is 18.2 Å². The number of nitrogens with zero attached hydrogens (tertiary/aromatic N) is 1. The second kappa shape index (κ2) is 5.98. The van der Waals surface area contributed by atoms with Crippen LogP contribution in [0.25, 0.3) is 0 Å². The summed E-state index contributed by atoms with van der Waals surface area (Å²) in [5.74, 6) is -0.142. The van der Waals surface area contributed by atoms with E-state index in [1.54, 1.807) is 36.4 Å². The van der Waals surface area contributed by atoms with Crippen molar-refractivity contribution >= 4 is 29.3 Å². The van der Waals surface area contributed by atoms with Gasteiger partial charge in [-0.2, -0.15) is 5.10 Å². The molecular weight excluding hydrogens is 248 g/mol. The van der Waals surface area contributed by atoms with E-state index in [1.165, 1.54) is 6.21 Å². The average Bonchev–Trinajstić information content (AvgIpc) is 2.42. The lowest BCUT2D eigenvalue weighted by Crippen LogP contribution is -2.01. The Morgan fingerprint density at radius 3 is 2.39 bits per heavy atom. The Morgan fingerprint density at radius 1 is 1.06 bits per heavy atom. The summed E-state index contributed by atoms with van der Waals surface area (Å²) < 4.78 is 0. The van der Waals surface area contributed by atoms with Crippen LogP contribution in [0, 0.1) is 0 Å². The summed E-state index contributed by atoms with van der Waals surface area (Å²) in [5, 5.41) is 4.54. The van der Waals surface area contributed by atoms with E-state index in [9.17, 15) is 4.79 Å². The van der Waals surface area contributed by atoms with Gasteiger partial charge in [-0.1, -0.05) is 41.9 Å². The zero-order valence-electron chi connectivity index (χ0n) is 9.51.